The summed E-state index contributed by atoms with van der Waals surface area (Å²) in [7, 11) is 0. The van der Waals surface area contributed by atoms with E-state index in [9.17, 15) is 9.90 Å². The van der Waals surface area contributed by atoms with E-state index in [0.717, 1.165) is 19.4 Å². The van der Waals surface area contributed by atoms with Gasteiger partial charge in [0.25, 0.3) is 5.91 Å². The normalized spacial score (nSPS) is 30.6. The second kappa shape index (κ2) is 4.52. The Bertz CT molecular complexity index is 463. The number of likely N-dealkylation sites (tertiary alicyclic amines) is 1. The highest BCUT2D eigenvalue weighted by molar-refractivity contribution is 6.30. The minimum Gasteiger partial charge on any atom is -0.393 e. The molecule has 1 aromatic heterocycles. The first-order valence-corrected chi connectivity index (χ1v) is 6.62. The Morgan fingerprint density at radius 1 is 1.39 bits per heavy atom. The van der Waals surface area contributed by atoms with Crippen molar-refractivity contribution in [2.45, 2.75) is 18.9 Å². The van der Waals surface area contributed by atoms with Crippen LogP contribution in [0.2, 0.25) is 5.02 Å². The van der Waals surface area contributed by atoms with E-state index in [1.54, 1.807) is 17.0 Å². The summed E-state index contributed by atoms with van der Waals surface area (Å²) in [5, 5.41) is 10.4. The second-order valence-corrected chi connectivity index (χ2v) is 5.58. The quantitative estimate of drug-likeness (QED) is 0.840. The highest BCUT2D eigenvalue weighted by atomic mass is 35.5. The van der Waals surface area contributed by atoms with Gasteiger partial charge in [0, 0.05) is 25.2 Å². The molecule has 1 amide bonds. The molecule has 1 saturated carbocycles. The molecule has 3 rings (SSSR count). The van der Waals surface area contributed by atoms with Crippen molar-refractivity contribution < 1.29 is 9.90 Å². The van der Waals surface area contributed by atoms with Crippen LogP contribution in [0.1, 0.15) is 23.3 Å². The summed E-state index contributed by atoms with van der Waals surface area (Å²) in [5.74, 6) is 0.644. The predicted octanol–water partition coefficient (Wildman–Crippen LogP) is 1.58. The molecule has 2 heterocycles. The average molecular weight is 267 g/mol. The molecule has 0 radical (unpaired) electrons. The standard InChI is InChI=1S/C13H15ClN2O2/c14-9-2-3-11(15-5-9)13(18)16-6-8-1-4-12(17)10(8)7-16/h2-3,5,8,10,12,17H,1,4,6-7H2. The van der Waals surface area contributed by atoms with Crippen molar-refractivity contribution >= 4 is 17.5 Å². The highest BCUT2D eigenvalue weighted by Gasteiger charge is 2.43. The van der Waals surface area contributed by atoms with Crippen LogP contribution in [0.3, 0.4) is 0 Å². The molecule has 2 aliphatic rings. The molecule has 0 bridgehead atoms. The van der Waals surface area contributed by atoms with Crippen molar-refractivity contribution in [2.24, 2.45) is 11.8 Å². The van der Waals surface area contributed by atoms with E-state index in [-0.39, 0.29) is 17.9 Å². The van der Waals surface area contributed by atoms with Gasteiger partial charge in [-0.1, -0.05) is 11.6 Å². The average Bonchev–Trinajstić information content (AvgIpc) is 2.92. The number of carbonyl (C=O) groups excluding carboxylic acids is 1. The minimum absolute atomic E-state index is 0.0618. The lowest BCUT2D eigenvalue weighted by atomic mass is 10.00. The van der Waals surface area contributed by atoms with Crippen LogP contribution in [0.4, 0.5) is 0 Å². The molecule has 1 aromatic rings. The molecule has 2 fully saturated rings. The van der Waals surface area contributed by atoms with Gasteiger partial charge < -0.3 is 10.0 Å². The fourth-order valence-corrected chi connectivity index (χ4v) is 3.18. The van der Waals surface area contributed by atoms with Crippen LogP contribution in [-0.2, 0) is 0 Å². The number of rotatable bonds is 1. The zero-order valence-corrected chi connectivity index (χ0v) is 10.7. The molecule has 5 heteroatoms. The van der Waals surface area contributed by atoms with E-state index in [0.29, 0.717) is 23.2 Å². The van der Waals surface area contributed by atoms with Gasteiger partial charge in [0.2, 0.25) is 0 Å². The van der Waals surface area contributed by atoms with Gasteiger partial charge in [0.15, 0.2) is 0 Å². The van der Waals surface area contributed by atoms with Crippen LogP contribution in [0, 0.1) is 11.8 Å². The molecule has 0 aromatic carbocycles. The van der Waals surface area contributed by atoms with Crippen LogP contribution in [0.15, 0.2) is 18.3 Å². The maximum absolute atomic E-state index is 12.2. The van der Waals surface area contributed by atoms with E-state index < -0.39 is 0 Å². The van der Waals surface area contributed by atoms with Crippen molar-refractivity contribution in [3.05, 3.63) is 29.0 Å². The molecular formula is C13H15ClN2O2. The number of hydrogen-bond donors (Lipinski definition) is 1. The Morgan fingerprint density at radius 3 is 2.89 bits per heavy atom. The Morgan fingerprint density at radius 2 is 2.22 bits per heavy atom. The first-order valence-electron chi connectivity index (χ1n) is 6.24. The first kappa shape index (κ1) is 11.9. The molecule has 1 aliphatic heterocycles. The van der Waals surface area contributed by atoms with Gasteiger partial charge in [-0.05, 0) is 30.9 Å². The molecule has 96 valence electrons. The number of hydrogen-bond acceptors (Lipinski definition) is 3. The summed E-state index contributed by atoms with van der Waals surface area (Å²) in [6.45, 7) is 1.39. The van der Waals surface area contributed by atoms with Crippen molar-refractivity contribution in [3.63, 3.8) is 0 Å². The Hall–Kier alpha value is -1.13. The van der Waals surface area contributed by atoms with Gasteiger partial charge in [-0.3, -0.25) is 4.79 Å². The van der Waals surface area contributed by atoms with Crippen LogP contribution in [-0.4, -0.2) is 40.1 Å². The number of carbonyl (C=O) groups is 1. The molecule has 0 spiro atoms. The number of halogens is 1. The number of fused-ring (bicyclic) bond motifs is 1. The zero-order valence-electron chi connectivity index (χ0n) is 9.92. The third-order valence-corrected chi connectivity index (χ3v) is 4.28. The van der Waals surface area contributed by atoms with Crippen molar-refractivity contribution in [3.8, 4) is 0 Å². The summed E-state index contributed by atoms with van der Waals surface area (Å²) < 4.78 is 0. The lowest BCUT2D eigenvalue weighted by Gasteiger charge is -2.17. The maximum Gasteiger partial charge on any atom is 0.272 e. The number of amides is 1. The summed E-state index contributed by atoms with van der Waals surface area (Å²) >= 11 is 5.75. The van der Waals surface area contributed by atoms with E-state index >= 15 is 0 Å². The van der Waals surface area contributed by atoms with Crippen LogP contribution in [0.5, 0.6) is 0 Å². The van der Waals surface area contributed by atoms with Gasteiger partial charge in [-0.15, -0.1) is 0 Å². The van der Waals surface area contributed by atoms with Gasteiger partial charge in [0.05, 0.1) is 11.1 Å². The fourth-order valence-electron chi connectivity index (χ4n) is 3.07. The second-order valence-electron chi connectivity index (χ2n) is 5.14. The Balaban J connectivity index is 1.73. The lowest BCUT2D eigenvalue weighted by molar-refractivity contribution is 0.0747. The molecule has 3 atom stereocenters. The molecular weight excluding hydrogens is 252 g/mol. The maximum atomic E-state index is 12.2. The van der Waals surface area contributed by atoms with E-state index in [4.69, 9.17) is 11.6 Å². The SMILES string of the molecule is O=C(c1ccc(Cl)cn1)N1CC2CCC(O)C2C1. The third-order valence-electron chi connectivity index (χ3n) is 4.05. The van der Waals surface area contributed by atoms with E-state index in [2.05, 4.69) is 4.98 Å². The summed E-state index contributed by atoms with van der Waals surface area (Å²) in [6.07, 6.45) is 3.13. The summed E-state index contributed by atoms with van der Waals surface area (Å²) in [4.78, 5) is 18.1. The highest BCUT2D eigenvalue weighted by Crippen LogP contribution is 2.38. The van der Waals surface area contributed by atoms with E-state index in [1.165, 1.54) is 6.20 Å². The number of aliphatic hydroxyl groups is 1. The lowest BCUT2D eigenvalue weighted by Crippen LogP contribution is -2.31. The topological polar surface area (TPSA) is 53.4 Å². The monoisotopic (exact) mass is 266 g/mol. The molecule has 1 saturated heterocycles. The molecule has 3 unspecified atom stereocenters. The minimum atomic E-state index is -0.244. The summed E-state index contributed by atoms with van der Waals surface area (Å²) in [6, 6.07) is 3.32. The molecule has 4 nitrogen and oxygen atoms in total. The van der Waals surface area contributed by atoms with Gasteiger partial charge >= 0.3 is 0 Å². The van der Waals surface area contributed by atoms with Crippen LogP contribution >= 0.6 is 11.6 Å². The number of nitrogens with zero attached hydrogens (tertiary/aromatic N) is 2. The third kappa shape index (κ3) is 1.99. The molecule has 1 aliphatic carbocycles. The zero-order chi connectivity index (χ0) is 12.7. The summed E-state index contributed by atoms with van der Waals surface area (Å²) in [5.41, 5.74) is 0.425. The fraction of sp³-hybridized carbons (Fsp3) is 0.538. The largest absolute Gasteiger partial charge is 0.393 e. The smallest absolute Gasteiger partial charge is 0.272 e. The van der Waals surface area contributed by atoms with E-state index in [1.807, 2.05) is 0 Å². The Labute approximate surface area is 111 Å². The van der Waals surface area contributed by atoms with Gasteiger partial charge in [0.1, 0.15) is 5.69 Å². The Kier molecular flexibility index (Phi) is 2.99. The van der Waals surface area contributed by atoms with Gasteiger partial charge in [-0.2, -0.15) is 0 Å². The van der Waals surface area contributed by atoms with Crippen LogP contribution < -0.4 is 0 Å². The number of aliphatic hydroxyl groups excluding tert-OH is 1. The van der Waals surface area contributed by atoms with Crippen molar-refractivity contribution in [1.82, 2.24) is 9.88 Å². The molecule has 1 N–H and O–H groups in total. The van der Waals surface area contributed by atoms with Gasteiger partial charge in [-0.25, -0.2) is 4.98 Å². The van der Waals surface area contributed by atoms with Crippen LogP contribution in [0.25, 0.3) is 0 Å². The predicted molar refractivity (Wildman–Crippen MR) is 67.4 cm³/mol. The molecule has 18 heavy (non-hydrogen) atoms. The van der Waals surface area contributed by atoms with Crippen molar-refractivity contribution in [1.29, 1.82) is 0 Å². The first-order chi connectivity index (χ1) is 8.65. The number of aromatic nitrogens is 1. The number of pyridine rings is 1. The van der Waals surface area contributed by atoms with Crippen molar-refractivity contribution in [2.75, 3.05) is 13.1 Å².